The molecule has 0 spiro atoms. The molecule has 21 heavy (non-hydrogen) atoms. The fourth-order valence-electron chi connectivity index (χ4n) is 2.57. The van der Waals surface area contributed by atoms with E-state index in [1.54, 1.807) is 37.0 Å². The summed E-state index contributed by atoms with van der Waals surface area (Å²) in [6, 6.07) is 6.26. The van der Waals surface area contributed by atoms with E-state index in [4.69, 9.17) is 4.74 Å². The number of rotatable bonds is 6. The summed E-state index contributed by atoms with van der Waals surface area (Å²) in [5, 5.41) is 15.1. The molecule has 1 aromatic heterocycles. The molecule has 1 aromatic carbocycles. The first-order valence-corrected chi connectivity index (χ1v) is 7.05. The zero-order valence-corrected chi connectivity index (χ0v) is 12.6. The van der Waals surface area contributed by atoms with E-state index in [1.807, 2.05) is 6.92 Å². The van der Waals surface area contributed by atoms with Crippen molar-refractivity contribution in [3.63, 3.8) is 0 Å². The molecule has 0 amide bonds. The van der Waals surface area contributed by atoms with Gasteiger partial charge in [0.05, 0.1) is 13.3 Å². The lowest BCUT2D eigenvalue weighted by Crippen LogP contribution is -2.29. The van der Waals surface area contributed by atoms with Crippen LogP contribution in [-0.4, -0.2) is 22.0 Å². The Kier molecular flexibility index (Phi) is 4.63. The largest absolute Gasteiger partial charge is 0.493 e. The average molecular weight is 292 g/mol. The van der Waals surface area contributed by atoms with E-state index >= 15 is 0 Å². The minimum absolute atomic E-state index is 0.288. The Morgan fingerprint density at radius 3 is 2.81 bits per heavy atom. The van der Waals surface area contributed by atoms with Crippen LogP contribution in [0.3, 0.4) is 0 Å². The Labute approximate surface area is 124 Å². The van der Waals surface area contributed by atoms with Crippen molar-refractivity contribution in [1.29, 1.82) is 0 Å². The van der Waals surface area contributed by atoms with Crippen molar-refractivity contribution in [3.8, 4) is 5.75 Å². The number of ether oxygens (including phenoxy) is 1. The van der Waals surface area contributed by atoms with Crippen LogP contribution in [0.4, 0.5) is 4.39 Å². The van der Waals surface area contributed by atoms with Crippen molar-refractivity contribution >= 4 is 0 Å². The highest BCUT2D eigenvalue weighted by Gasteiger charge is 2.32. The van der Waals surface area contributed by atoms with Crippen LogP contribution in [0.25, 0.3) is 0 Å². The van der Waals surface area contributed by atoms with Crippen molar-refractivity contribution in [3.05, 3.63) is 47.5 Å². The van der Waals surface area contributed by atoms with Gasteiger partial charge in [-0.3, -0.25) is 4.68 Å². The normalized spacial score (nSPS) is 14.0. The van der Waals surface area contributed by atoms with Crippen molar-refractivity contribution < 1.29 is 14.2 Å². The predicted octanol–water partition coefficient (Wildman–Crippen LogP) is 2.89. The Morgan fingerprint density at radius 1 is 1.43 bits per heavy atom. The van der Waals surface area contributed by atoms with E-state index < -0.39 is 5.60 Å². The van der Waals surface area contributed by atoms with Crippen LogP contribution in [0.15, 0.2) is 30.5 Å². The van der Waals surface area contributed by atoms with Crippen LogP contribution in [0.5, 0.6) is 5.75 Å². The van der Waals surface area contributed by atoms with Crippen molar-refractivity contribution in [2.45, 2.75) is 38.8 Å². The molecule has 2 rings (SSSR count). The monoisotopic (exact) mass is 292 g/mol. The van der Waals surface area contributed by atoms with Gasteiger partial charge in [-0.25, -0.2) is 4.39 Å². The second kappa shape index (κ2) is 6.26. The Hall–Kier alpha value is -1.88. The van der Waals surface area contributed by atoms with Gasteiger partial charge in [-0.15, -0.1) is 0 Å². The third-order valence-corrected chi connectivity index (χ3v) is 3.41. The quantitative estimate of drug-likeness (QED) is 0.890. The minimum atomic E-state index is -1.19. The van der Waals surface area contributed by atoms with E-state index in [2.05, 4.69) is 5.10 Å². The summed E-state index contributed by atoms with van der Waals surface area (Å²) in [6.07, 6.45) is 2.79. The number of hydrogen-bond acceptors (Lipinski definition) is 3. The third-order valence-electron chi connectivity index (χ3n) is 3.41. The predicted molar refractivity (Wildman–Crippen MR) is 78.7 cm³/mol. The van der Waals surface area contributed by atoms with Gasteiger partial charge in [0.25, 0.3) is 0 Å². The van der Waals surface area contributed by atoms with Gasteiger partial charge in [0, 0.05) is 13.0 Å². The molecule has 5 heteroatoms. The molecule has 0 radical (unpaired) electrons. The number of methoxy groups -OCH3 is 1. The fraction of sp³-hybridized carbons (Fsp3) is 0.438. The molecule has 4 nitrogen and oxygen atoms in total. The molecule has 0 aliphatic heterocycles. The molecule has 0 bridgehead atoms. The Morgan fingerprint density at radius 2 is 2.19 bits per heavy atom. The number of nitrogens with zero attached hydrogens (tertiary/aromatic N) is 2. The van der Waals surface area contributed by atoms with Gasteiger partial charge in [0.15, 0.2) is 5.75 Å². The lowest BCUT2D eigenvalue weighted by atomic mass is 9.92. The molecule has 0 aliphatic rings. The number of aromatic nitrogens is 2. The molecule has 114 valence electrons. The molecule has 1 atom stereocenters. The highest BCUT2D eigenvalue weighted by molar-refractivity contribution is 5.32. The summed E-state index contributed by atoms with van der Waals surface area (Å²) in [5.74, 6) is 0.238. The van der Waals surface area contributed by atoms with Crippen LogP contribution < -0.4 is 4.74 Å². The van der Waals surface area contributed by atoms with E-state index in [9.17, 15) is 9.50 Å². The molecule has 1 unspecified atom stereocenters. The van der Waals surface area contributed by atoms with Crippen LogP contribution >= 0.6 is 0 Å². The average Bonchev–Trinajstić information content (AvgIpc) is 2.82. The van der Waals surface area contributed by atoms with Crippen LogP contribution in [-0.2, 0) is 18.6 Å². The number of halogens is 1. The van der Waals surface area contributed by atoms with Gasteiger partial charge >= 0.3 is 0 Å². The first-order valence-electron chi connectivity index (χ1n) is 7.05. The van der Waals surface area contributed by atoms with Gasteiger partial charge in [-0.05, 0) is 31.0 Å². The fourth-order valence-corrected chi connectivity index (χ4v) is 2.57. The number of aliphatic hydroxyl groups is 1. The molecule has 0 fully saturated rings. The number of aryl methyl sites for hydroxylation is 1. The molecule has 1 N–H and O–H groups in total. The maximum absolute atomic E-state index is 13.3. The molecule has 0 aliphatic carbocycles. The molecule has 0 saturated heterocycles. The Bertz CT molecular complexity index is 608. The first kappa shape index (κ1) is 15.5. The maximum Gasteiger partial charge on any atom is 0.162 e. The highest BCUT2D eigenvalue weighted by Crippen LogP contribution is 2.32. The van der Waals surface area contributed by atoms with Crippen LogP contribution in [0, 0.1) is 5.82 Å². The zero-order chi connectivity index (χ0) is 15.5. The van der Waals surface area contributed by atoms with E-state index in [0.717, 1.165) is 12.0 Å². The number of benzene rings is 1. The second-order valence-electron chi connectivity index (χ2n) is 5.37. The standard InChI is InChI=1S/C16H21FN2O2/c1-4-8-19-15(14(21-3)11-18-19)16(2,20)10-12-6-5-7-13(17)9-12/h5-7,9,11,20H,4,8,10H2,1-3H3. The Balaban J connectivity index is 2.36. The molecular formula is C16H21FN2O2. The molecule has 2 aromatic rings. The molecular weight excluding hydrogens is 271 g/mol. The minimum Gasteiger partial charge on any atom is -0.493 e. The summed E-state index contributed by atoms with van der Waals surface area (Å²) >= 11 is 0. The van der Waals surface area contributed by atoms with Crippen LogP contribution in [0.2, 0.25) is 0 Å². The smallest absolute Gasteiger partial charge is 0.162 e. The summed E-state index contributed by atoms with van der Waals surface area (Å²) in [5.41, 5.74) is 0.160. The van der Waals surface area contributed by atoms with E-state index in [0.29, 0.717) is 18.0 Å². The SMILES string of the molecule is CCCn1ncc(OC)c1C(C)(O)Cc1cccc(F)c1. The third kappa shape index (κ3) is 3.42. The van der Waals surface area contributed by atoms with Gasteiger partial charge < -0.3 is 9.84 Å². The number of hydrogen-bond donors (Lipinski definition) is 1. The lowest BCUT2D eigenvalue weighted by Gasteiger charge is -2.25. The van der Waals surface area contributed by atoms with Crippen molar-refractivity contribution in [2.24, 2.45) is 0 Å². The van der Waals surface area contributed by atoms with E-state index in [-0.39, 0.29) is 12.2 Å². The van der Waals surface area contributed by atoms with Gasteiger partial charge in [0.2, 0.25) is 0 Å². The first-order chi connectivity index (χ1) is 9.97. The van der Waals surface area contributed by atoms with Crippen molar-refractivity contribution in [2.75, 3.05) is 7.11 Å². The van der Waals surface area contributed by atoms with Gasteiger partial charge in [-0.2, -0.15) is 5.10 Å². The summed E-state index contributed by atoms with van der Waals surface area (Å²) in [4.78, 5) is 0. The second-order valence-corrected chi connectivity index (χ2v) is 5.37. The summed E-state index contributed by atoms with van der Waals surface area (Å²) in [6.45, 7) is 4.43. The van der Waals surface area contributed by atoms with Crippen LogP contribution in [0.1, 0.15) is 31.5 Å². The summed E-state index contributed by atoms with van der Waals surface area (Å²) < 4.78 is 20.4. The lowest BCUT2D eigenvalue weighted by molar-refractivity contribution is 0.0450. The zero-order valence-electron chi connectivity index (χ0n) is 12.6. The topological polar surface area (TPSA) is 47.3 Å². The maximum atomic E-state index is 13.3. The van der Waals surface area contributed by atoms with E-state index in [1.165, 1.54) is 12.1 Å². The molecule has 1 heterocycles. The van der Waals surface area contributed by atoms with Gasteiger partial charge in [-0.1, -0.05) is 19.1 Å². The molecule has 0 saturated carbocycles. The highest BCUT2D eigenvalue weighted by atomic mass is 19.1. The van der Waals surface area contributed by atoms with Crippen molar-refractivity contribution in [1.82, 2.24) is 9.78 Å². The summed E-state index contributed by atoms with van der Waals surface area (Å²) in [7, 11) is 1.55. The van der Waals surface area contributed by atoms with Gasteiger partial charge in [0.1, 0.15) is 17.1 Å².